The lowest BCUT2D eigenvalue weighted by molar-refractivity contribution is -0.117. The molecule has 4 nitrogen and oxygen atoms in total. The highest BCUT2D eigenvalue weighted by molar-refractivity contribution is 6.18. The molecule has 1 aromatic carbocycles. The van der Waals surface area contributed by atoms with Gasteiger partial charge in [0.25, 0.3) is 0 Å². The molecule has 5 heteroatoms. The Kier molecular flexibility index (Phi) is 3.97. The fourth-order valence-electron chi connectivity index (χ4n) is 2.13. The minimum atomic E-state index is 0.0871. The van der Waals surface area contributed by atoms with Gasteiger partial charge in [0.05, 0.1) is 19.9 Å². The number of halogens is 1. The number of ether oxygens (including phenoxy) is 2. The molecule has 1 atom stereocenters. The summed E-state index contributed by atoms with van der Waals surface area (Å²) in [7, 11) is 3.18. The summed E-state index contributed by atoms with van der Waals surface area (Å²) >= 11 is 5.82. The summed E-state index contributed by atoms with van der Waals surface area (Å²) in [5.74, 6) is 2.14. The van der Waals surface area contributed by atoms with Crippen molar-refractivity contribution in [3.8, 4) is 11.5 Å². The van der Waals surface area contributed by atoms with Gasteiger partial charge in [0.15, 0.2) is 0 Å². The topological polar surface area (TPSA) is 38.8 Å². The average Bonchev–Trinajstić information content (AvgIpc) is 2.79. The third-order valence-corrected chi connectivity index (χ3v) is 3.54. The minimum Gasteiger partial charge on any atom is -0.497 e. The second-order valence-corrected chi connectivity index (χ2v) is 4.58. The normalized spacial score (nSPS) is 19.2. The number of methoxy groups -OCH3 is 2. The van der Waals surface area contributed by atoms with Gasteiger partial charge in [-0.3, -0.25) is 4.79 Å². The van der Waals surface area contributed by atoms with Crippen molar-refractivity contribution in [1.29, 1.82) is 0 Å². The molecule has 0 radical (unpaired) electrons. The van der Waals surface area contributed by atoms with Crippen LogP contribution in [0.25, 0.3) is 0 Å². The molecule has 1 aliphatic rings. The SMILES string of the molecule is COc1ccc(N2CC(CCl)CC2=O)c(OC)c1. The summed E-state index contributed by atoms with van der Waals surface area (Å²) in [6, 6.07) is 5.43. The van der Waals surface area contributed by atoms with E-state index in [9.17, 15) is 4.79 Å². The van der Waals surface area contributed by atoms with E-state index in [1.54, 1.807) is 25.2 Å². The number of hydrogen-bond acceptors (Lipinski definition) is 3. The van der Waals surface area contributed by atoms with E-state index in [1.165, 1.54) is 0 Å². The maximum atomic E-state index is 11.9. The summed E-state index contributed by atoms with van der Waals surface area (Å²) < 4.78 is 10.4. The molecule has 2 rings (SSSR count). The van der Waals surface area contributed by atoms with Crippen molar-refractivity contribution in [2.24, 2.45) is 5.92 Å². The lowest BCUT2D eigenvalue weighted by Gasteiger charge is -2.20. The maximum Gasteiger partial charge on any atom is 0.227 e. The second kappa shape index (κ2) is 5.48. The van der Waals surface area contributed by atoms with E-state index in [2.05, 4.69) is 0 Å². The van der Waals surface area contributed by atoms with Gasteiger partial charge in [-0.25, -0.2) is 0 Å². The summed E-state index contributed by atoms with van der Waals surface area (Å²) in [5, 5.41) is 0. The van der Waals surface area contributed by atoms with Crippen LogP contribution >= 0.6 is 11.6 Å². The van der Waals surface area contributed by atoms with Crippen LogP contribution in [0.1, 0.15) is 6.42 Å². The molecule has 1 amide bonds. The first-order valence-electron chi connectivity index (χ1n) is 5.78. The molecule has 0 aliphatic carbocycles. The first kappa shape index (κ1) is 13.0. The lowest BCUT2D eigenvalue weighted by atomic mass is 10.1. The van der Waals surface area contributed by atoms with Crippen LogP contribution in [0.15, 0.2) is 18.2 Å². The summed E-state index contributed by atoms with van der Waals surface area (Å²) in [5.41, 5.74) is 0.774. The third kappa shape index (κ3) is 2.38. The predicted molar refractivity (Wildman–Crippen MR) is 70.7 cm³/mol. The van der Waals surface area contributed by atoms with Crippen LogP contribution in [-0.2, 0) is 4.79 Å². The van der Waals surface area contributed by atoms with Crippen molar-refractivity contribution in [1.82, 2.24) is 0 Å². The summed E-state index contributed by atoms with van der Waals surface area (Å²) in [6.07, 6.45) is 0.499. The molecule has 0 aromatic heterocycles. The van der Waals surface area contributed by atoms with E-state index in [0.717, 1.165) is 5.69 Å². The van der Waals surface area contributed by atoms with Crippen LogP contribution in [-0.4, -0.2) is 32.6 Å². The summed E-state index contributed by atoms with van der Waals surface area (Å²) in [6.45, 7) is 0.644. The smallest absolute Gasteiger partial charge is 0.227 e. The molecule has 98 valence electrons. The van der Waals surface area contributed by atoms with E-state index >= 15 is 0 Å². The molecule has 1 fully saturated rings. The predicted octanol–water partition coefficient (Wildman–Crippen LogP) is 2.30. The van der Waals surface area contributed by atoms with Gasteiger partial charge in [-0.05, 0) is 18.1 Å². The molecule has 1 aliphatic heterocycles. The zero-order chi connectivity index (χ0) is 13.1. The molecule has 18 heavy (non-hydrogen) atoms. The molecule has 1 aromatic rings. The van der Waals surface area contributed by atoms with Crippen molar-refractivity contribution < 1.29 is 14.3 Å². The first-order chi connectivity index (χ1) is 8.69. The fourth-order valence-corrected chi connectivity index (χ4v) is 2.33. The Morgan fingerprint density at radius 1 is 1.39 bits per heavy atom. The number of benzene rings is 1. The summed E-state index contributed by atoms with van der Waals surface area (Å²) in [4.78, 5) is 13.7. The standard InChI is InChI=1S/C13H16ClNO3/c1-17-10-3-4-11(12(6-10)18-2)15-8-9(7-14)5-13(15)16/h3-4,6,9H,5,7-8H2,1-2H3. The van der Waals surface area contributed by atoms with Gasteiger partial charge in [0.2, 0.25) is 5.91 Å². The Hall–Kier alpha value is -1.42. The number of hydrogen-bond donors (Lipinski definition) is 0. The Morgan fingerprint density at radius 2 is 2.17 bits per heavy atom. The number of amides is 1. The van der Waals surface area contributed by atoms with Gasteiger partial charge in [-0.15, -0.1) is 11.6 Å². The number of carbonyl (C=O) groups is 1. The zero-order valence-electron chi connectivity index (χ0n) is 10.5. The molecule has 0 spiro atoms. The molecule has 1 unspecified atom stereocenters. The fraction of sp³-hybridized carbons (Fsp3) is 0.462. The van der Waals surface area contributed by atoms with Gasteiger partial charge < -0.3 is 14.4 Å². The van der Waals surface area contributed by atoms with E-state index in [1.807, 2.05) is 12.1 Å². The molecule has 0 bridgehead atoms. The Labute approximate surface area is 111 Å². The van der Waals surface area contributed by atoms with E-state index < -0.39 is 0 Å². The highest BCUT2D eigenvalue weighted by Crippen LogP contribution is 2.35. The van der Waals surface area contributed by atoms with E-state index in [4.69, 9.17) is 21.1 Å². The molecular weight excluding hydrogens is 254 g/mol. The molecule has 1 saturated heterocycles. The van der Waals surface area contributed by atoms with Crippen LogP contribution < -0.4 is 14.4 Å². The molecule has 0 saturated carbocycles. The van der Waals surface area contributed by atoms with Gasteiger partial charge >= 0.3 is 0 Å². The third-order valence-electron chi connectivity index (χ3n) is 3.10. The minimum absolute atomic E-state index is 0.0871. The highest BCUT2D eigenvalue weighted by atomic mass is 35.5. The number of alkyl halides is 1. The highest BCUT2D eigenvalue weighted by Gasteiger charge is 2.31. The Balaban J connectivity index is 2.30. The number of rotatable bonds is 4. The number of carbonyl (C=O) groups excluding carboxylic acids is 1. The van der Waals surface area contributed by atoms with Gasteiger partial charge in [0.1, 0.15) is 11.5 Å². The van der Waals surface area contributed by atoms with Crippen molar-refractivity contribution in [2.75, 3.05) is 31.5 Å². The van der Waals surface area contributed by atoms with Gasteiger partial charge in [-0.1, -0.05) is 0 Å². The maximum absolute atomic E-state index is 11.9. The van der Waals surface area contributed by atoms with Gasteiger partial charge in [0, 0.05) is 24.9 Å². The van der Waals surface area contributed by atoms with Crippen LogP contribution in [0.5, 0.6) is 11.5 Å². The molecular formula is C13H16ClNO3. The Bertz CT molecular complexity index is 450. The van der Waals surface area contributed by atoms with E-state index in [-0.39, 0.29) is 11.8 Å². The lowest BCUT2D eigenvalue weighted by Crippen LogP contribution is -2.25. The van der Waals surface area contributed by atoms with Crippen LogP contribution in [0.4, 0.5) is 5.69 Å². The van der Waals surface area contributed by atoms with Gasteiger partial charge in [-0.2, -0.15) is 0 Å². The largest absolute Gasteiger partial charge is 0.497 e. The van der Waals surface area contributed by atoms with Crippen molar-refractivity contribution in [2.45, 2.75) is 6.42 Å². The second-order valence-electron chi connectivity index (χ2n) is 4.27. The van der Waals surface area contributed by atoms with E-state index in [0.29, 0.717) is 30.3 Å². The monoisotopic (exact) mass is 269 g/mol. The molecule has 0 N–H and O–H groups in total. The quantitative estimate of drug-likeness (QED) is 0.788. The molecule has 1 heterocycles. The van der Waals surface area contributed by atoms with Crippen molar-refractivity contribution in [3.63, 3.8) is 0 Å². The zero-order valence-corrected chi connectivity index (χ0v) is 11.2. The van der Waals surface area contributed by atoms with Crippen LogP contribution in [0.3, 0.4) is 0 Å². The first-order valence-corrected chi connectivity index (χ1v) is 6.31. The number of nitrogens with zero attached hydrogens (tertiary/aromatic N) is 1. The van der Waals surface area contributed by atoms with Crippen LogP contribution in [0, 0.1) is 5.92 Å². The average molecular weight is 270 g/mol. The number of anilines is 1. The van der Waals surface area contributed by atoms with Crippen LogP contribution in [0.2, 0.25) is 0 Å². The van der Waals surface area contributed by atoms with Crippen molar-refractivity contribution >= 4 is 23.2 Å². The van der Waals surface area contributed by atoms with Crippen molar-refractivity contribution in [3.05, 3.63) is 18.2 Å². The Morgan fingerprint density at radius 3 is 2.72 bits per heavy atom.